The lowest BCUT2D eigenvalue weighted by Crippen LogP contribution is -1.95. The molecule has 0 fully saturated rings. The molecule has 3 nitrogen and oxygen atoms in total. The van der Waals surface area contributed by atoms with E-state index >= 15 is 0 Å². The molecule has 1 N–H and O–H groups in total. The molecule has 0 saturated carbocycles. The van der Waals surface area contributed by atoms with Gasteiger partial charge in [0.2, 0.25) is 0 Å². The Balaban J connectivity index is 3.27. The molecule has 80 valence electrons. The number of nitrogens with zero attached hydrogens (tertiary/aromatic N) is 1. The molecular weight excluding hydrogens is 210 g/mol. The van der Waals surface area contributed by atoms with E-state index in [4.69, 9.17) is 0 Å². The monoisotopic (exact) mass is 223 g/mol. The Kier molecular flexibility index (Phi) is 3.80. The summed E-state index contributed by atoms with van der Waals surface area (Å²) in [6, 6.07) is 5.02. The third-order valence-corrected chi connectivity index (χ3v) is 3.28. The average Bonchev–Trinajstić information content (AvgIpc) is 2.27. The highest BCUT2D eigenvalue weighted by Crippen LogP contribution is 2.26. The van der Waals surface area contributed by atoms with Crippen LogP contribution in [0.2, 0.25) is 0 Å². The van der Waals surface area contributed by atoms with Gasteiger partial charge in [-0.2, -0.15) is 0 Å². The molecule has 1 rings (SSSR count). The molecule has 1 unspecified atom stereocenters. The van der Waals surface area contributed by atoms with Crippen LogP contribution in [-0.2, 0) is 10.8 Å². The summed E-state index contributed by atoms with van der Waals surface area (Å²) in [5, 5.41) is 9.33. The number of aliphatic hydroxyl groups is 1. The van der Waals surface area contributed by atoms with Crippen molar-refractivity contribution >= 4 is 29.0 Å². The second-order valence-electron chi connectivity index (χ2n) is 2.92. The smallest absolute Gasteiger partial charge is 0.117 e. The SMILES string of the molecule is C=Nc1ccc(S(=O)CC)cc1C(=C)O. The van der Waals surface area contributed by atoms with Crippen LogP contribution in [0.15, 0.2) is 34.7 Å². The molecule has 0 aliphatic heterocycles. The second-order valence-corrected chi connectivity index (χ2v) is 4.66. The largest absolute Gasteiger partial charge is 0.508 e. The maximum atomic E-state index is 11.5. The summed E-state index contributed by atoms with van der Waals surface area (Å²) in [5.74, 6) is 0.449. The Bertz CT molecular complexity index is 427. The molecule has 0 amide bonds. The first kappa shape index (κ1) is 11.7. The zero-order valence-electron chi connectivity index (χ0n) is 8.56. The molecule has 0 spiro atoms. The number of aliphatic hydroxyl groups excluding tert-OH is 1. The number of hydrogen-bond donors (Lipinski definition) is 1. The molecule has 0 aliphatic carbocycles. The van der Waals surface area contributed by atoms with E-state index < -0.39 is 10.8 Å². The van der Waals surface area contributed by atoms with E-state index in [1.807, 2.05) is 6.92 Å². The van der Waals surface area contributed by atoms with Crippen molar-refractivity contribution in [3.63, 3.8) is 0 Å². The van der Waals surface area contributed by atoms with Crippen LogP contribution in [0.5, 0.6) is 0 Å². The Hall–Kier alpha value is -1.42. The van der Waals surface area contributed by atoms with Crippen molar-refractivity contribution in [3.05, 3.63) is 30.3 Å². The zero-order chi connectivity index (χ0) is 11.4. The van der Waals surface area contributed by atoms with Crippen molar-refractivity contribution in [2.75, 3.05) is 5.75 Å². The molecule has 15 heavy (non-hydrogen) atoms. The van der Waals surface area contributed by atoms with Gasteiger partial charge in [0.05, 0.1) is 16.5 Å². The first-order chi connectivity index (χ1) is 7.10. The van der Waals surface area contributed by atoms with Crippen molar-refractivity contribution in [2.45, 2.75) is 11.8 Å². The molecule has 0 aliphatic rings. The fourth-order valence-electron chi connectivity index (χ4n) is 1.19. The highest BCUT2D eigenvalue weighted by Gasteiger charge is 2.08. The lowest BCUT2D eigenvalue weighted by Gasteiger charge is -2.06. The minimum atomic E-state index is -1.04. The van der Waals surface area contributed by atoms with Crippen LogP contribution < -0.4 is 0 Å². The van der Waals surface area contributed by atoms with Crippen molar-refractivity contribution in [2.24, 2.45) is 4.99 Å². The third kappa shape index (κ3) is 2.53. The van der Waals surface area contributed by atoms with E-state index in [9.17, 15) is 9.32 Å². The molecule has 0 bridgehead atoms. The van der Waals surface area contributed by atoms with Crippen LogP contribution in [-0.4, -0.2) is 21.8 Å². The van der Waals surface area contributed by atoms with Gasteiger partial charge in [0, 0.05) is 16.2 Å². The van der Waals surface area contributed by atoms with E-state index in [1.54, 1.807) is 18.2 Å². The Morgan fingerprint density at radius 2 is 2.27 bits per heavy atom. The Labute approximate surface area is 91.6 Å². The summed E-state index contributed by atoms with van der Waals surface area (Å²) in [6.07, 6.45) is 0. The van der Waals surface area contributed by atoms with Crippen LogP contribution in [0, 0.1) is 0 Å². The number of benzene rings is 1. The highest BCUT2D eigenvalue weighted by molar-refractivity contribution is 7.85. The Morgan fingerprint density at radius 3 is 2.73 bits per heavy atom. The van der Waals surface area contributed by atoms with Gasteiger partial charge in [0.1, 0.15) is 5.76 Å². The quantitative estimate of drug-likeness (QED) is 0.630. The van der Waals surface area contributed by atoms with E-state index in [-0.39, 0.29) is 5.76 Å². The standard InChI is InChI=1S/C11H13NO2S/c1-4-15(14)9-5-6-11(12-3)10(7-9)8(2)13/h5-7,13H,2-4H2,1H3. The number of rotatable bonds is 4. The molecule has 0 saturated heterocycles. The van der Waals surface area contributed by atoms with Crippen LogP contribution in [0.1, 0.15) is 12.5 Å². The summed E-state index contributed by atoms with van der Waals surface area (Å²) in [4.78, 5) is 4.41. The van der Waals surface area contributed by atoms with Gasteiger partial charge in [0.15, 0.2) is 0 Å². The molecule has 1 atom stereocenters. The first-order valence-corrected chi connectivity index (χ1v) is 5.79. The minimum Gasteiger partial charge on any atom is -0.508 e. The van der Waals surface area contributed by atoms with Gasteiger partial charge in [-0.3, -0.25) is 9.20 Å². The second kappa shape index (κ2) is 4.89. The van der Waals surface area contributed by atoms with Crippen LogP contribution >= 0.6 is 0 Å². The Morgan fingerprint density at radius 1 is 1.60 bits per heavy atom. The molecule has 0 radical (unpaired) electrons. The van der Waals surface area contributed by atoms with Crippen molar-refractivity contribution in [1.82, 2.24) is 0 Å². The maximum absolute atomic E-state index is 11.5. The molecular formula is C11H13NO2S. The molecule has 1 aromatic carbocycles. The summed E-state index contributed by atoms with van der Waals surface area (Å²) >= 11 is 0. The van der Waals surface area contributed by atoms with Gasteiger partial charge >= 0.3 is 0 Å². The average molecular weight is 223 g/mol. The highest BCUT2D eigenvalue weighted by atomic mass is 32.2. The summed E-state index contributed by atoms with van der Waals surface area (Å²) in [7, 11) is -1.04. The third-order valence-electron chi connectivity index (χ3n) is 1.97. The van der Waals surface area contributed by atoms with Crippen molar-refractivity contribution in [3.8, 4) is 0 Å². The number of hydrogen-bond acceptors (Lipinski definition) is 3. The van der Waals surface area contributed by atoms with Crippen LogP contribution in [0.4, 0.5) is 5.69 Å². The van der Waals surface area contributed by atoms with Gasteiger partial charge in [-0.05, 0) is 24.9 Å². The molecule has 0 heterocycles. The number of aliphatic imine (C=N–C) groups is 1. The van der Waals surface area contributed by atoms with Gasteiger partial charge in [0.25, 0.3) is 0 Å². The van der Waals surface area contributed by atoms with E-state index in [2.05, 4.69) is 18.3 Å². The van der Waals surface area contributed by atoms with Crippen LogP contribution in [0.25, 0.3) is 5.76 Å². The predicted octanol–water partition coefficient (Wildman–Crippen LogP) is 2.67. The van der Waals surface area contributed by atoms with Crippen molar-refractivity contribution in [1.29, 1.82) is 0 Å². The lowest BCUT2D eigenvalue weighted by molar-refractivity contribution is 0.514. The summed E-state index contributed by atoms with van der Waals surface area (Å²) < 4.78 is 11.5. The van der Waals surface area contributed by atoms with E-state index in [1.165, 1.54) is 0 Å². The minimum absolute atomic E-state index is 0.0904. The van der Waals surface area contributed by atoms with Gasteiger partial charge in [-0.1, -0.05) is 13.5 Å². The summed E-state index contributed by atoms with van der Waals surface area (Å²) in [5.41, 5.74) is 1.02. The van der Waals surface area contributed by atoms with Gasteiger partial charge in [-0.15, -0.1) is 0 Å². The summed E-state index contributed by atoms with van der Waals surface area (Å²) in [6.45, 7) is 8.66. The fourth-order valence-corrected chi connectivity index (χ4v) is 1.99. The zero-order valence-corrected chi connectivity index (χ0v) is 9.38. The molecule has 1 aromatic rings. The van der Waals surface area contributed by atoms with Gasteiger partial charge in [-0.25, -0.2) is 0 Å². The van der Waals surface area contributed by atoms with Gasteiger partial charge < -0.3 is 5.11 Å². The van der Waals surface area contributed by atoms with E-state index in [0.29, 0.717) is 21.9 Å². The molecule has 0 aromatic heterocycles. The predicted molar refractivity (Wildman–Crippen MR) is 64.3 cm³/mol. The van der Waals surface area contributed by atoms with Crippen molar-refractivity contribution < 1.29 is 9.32 Å². The topological polar surface area (TPSA) is 49.7 Å². The molecule has 4 heteroatoms. The lowest BCUT2D eigenvalue weighted by atomic mass is 10.1. The fraction of sp³-hybridized carbons (Fsp3) is 0.182. The normalized spacial score (nSPS) is 12.1. The first-order valence-electron chi connectivity index (χ1n) is 4.47. The maximum Gasteiger partial charge on any atom is 0.117 e. The van der Waals surface area contributed by atoms with E-state index in [0.717, 1.165) is 0 Å². The van der Waals surface area contributed by atoms with Crippen LogP contribution in [0.3, 0.4) is 0 Å².